The summed E-state index contributed by atoms with van der Waals surface area (Å²) in [6, 6.07) is 22.2. The van der Waals surface area contributed by atoms with Crippen LogP contribution in [0.25, 0.3) is 0 Å². The van der Waals surface area contributed by atoms with E-state index in [9.17, 15) is 14.4 Å². The lowest BCUT2D eigenvalue weighted by Gasteiger charge is -2.16. The Kier molecular flexibility index (Phi) is 9.22. The zero-order valence-electron chi connectivity index (χ0n) is 19.1. The average Bonchev–Trinajstić information content (AvgIpc) is 2.87. The van der Waals surface area contributed by atoms with Gasteiger partial charge in [-0.1, -0.05) is 72.4 Å². The number of esters is 1. The summed E-state index contributed by atoms with van der Waals surface area (Å²) in [5, 5.41) is 5.52. The highest BCUT2D eigenvalue weighted by Crippen LogP contribution is 2.25. The summed E-state index contributed by atoms with van der Waals surface area (Å²) in [5.74, 6) is -1.24. The van der Waals surface area contributed by atoms with Crippen LogP contribution in [0.15, 0.2) is 84.0 Å². The van der Waals surface area contributed by atoms with Crippen LogP contribution in [0.4, 0.5) is 0 Å². The second-order valence-electron chi connectivity index (χ2n) is 7.57. The summed E-state index contributed by atoms with van der Waals surface area (Å²) in [6.07, 6.45) is 0.560. The fourth-order valence-corrected chi connectivity index (χ4v) is 3.92. The number of ether oxygens (including phenoxy) is 1. The quantitative estimate of drug-likeness (QED) is 0.341. The van der Waals surface area contributed by atoms with Crippen molar-refractivity contribution in [3.8, 4) is 0 Å². The Bertz CT molecular complexity index is 1110. The van der Waals surface area contributed by atoms with Crippen molar-refractivity contribution in [2.45, 2.75) is 43.3 Å². The van der Waals surface area contributed by atoms with Gasteiger partial charge < -0.3 is 15.4 Å². The minimum absolute atomic E-state index is 0.174. The van der Waals surface area contributed by atoms with Gasteiger partial charge in [-0.2, -0.15) is 0 Å². The molecule has 1 aromatic heterocycles. The van der Waals surface area contributed by atoms with E-state index in [0.717, 1.165) is 22.9 Å². The van der Waals surface area contributed by atoms with Gasteiger partial charge in [0.05, 0.1) is 10.8 Å². The fourth-order valence-electron chi connectivity index (χ4n) is 3.00. The van der Waals surface area contributed by atoms with Crippen LogP contribution in [0.5, 0.6) is 0 Å². The summed E-state index contributed by atoms with van der Waals surface area (Å²) in [5.41, 5.74) is 2.15. The summed E-state index contributed by atoms with van der Waals surface area (Å²) in [7, 11) is 0. The van der Waals surface area contributed by atoms with E-state index in [-0.39, 0.29) is 11.5 Å². The SMILES string of the molecule is C[C@H](OC(=O)c1cccnc1S[C@H](C)C(=O)NCc1ccccc1)C(=O)NCc1ccccc1. The first-order chi connectivity index (χ1) is 16.4. The van der Waals surface area contributed by atoms with Gasteiger partial charge in [0.1, 0.15) is 5.03 Å². The Morgan fingerprint density at radius 2 is 1.38 bits per heavy atom. The maximum atomic E-state index is 12.8. The van der Waals surface area contributed by atoms with E-state index < -0.39 is 23.2 Å². The van der Waals surface area contributed by atoms with Crippen molar-refractivity contribution in [1.82, 2.24) is 15.6 Å². The number of hydrogen-bond donors (Lipinski definition) is 2. The molecule has 0 aliphatic heterocycles. The van der Waals surface area contributed by atoms with Crippen LogP contribution in [-0.4, -0.2) is 34.1 Å². The number of carbonyl (C=O) groups is 3. The summed E-state index contributed by atoms with van der Waals surface area (Å²) < 4.78 is 5.37. The van der Waals surface area contributed by atoms with Crippen molar-refractivity contribution < 1.29 is 19.1 Å². The highest BCUT2D eigenvalue weighted by atomic mass is 32.2. The molecule has 0 bridgehead atoms. The lowest BCUT2D eigenvalue weighted by atomic mass is 10.2. The maximum absolute atomic E-state index is 12.8. The van der Waals surface area contributed by atoms with Crippen molar-refractivity contribution in [1.29, 1.82) is 0 Å². The van der Waals surface area contributed by atoms with Crippen LogP contribution in [0.2, 0.25) is 0 Å². The molecule has 0 saturated carbocycles. The second kappa shape index (κ2) is 12.6. The molecule has 2 aromatic carbocycles. The molecule has 0 aliphatic rings. The molecule has 34 heavy (non-hydrogen) atoms. The molecule has 0 aliphatic carbocycles. The third kappa shape index (κ3) is 7.45. The van der Waals surface area contributed by atoms with Crippen molar-refractivity contribution in [2.75, 3.05) is 0 Å². The highest BCUT2D eigenvalue weighted by molar-refractivity contribution is 8.00. The lowest BCUT2D eigenvalue weighted by Crippen LogP contribution is -2.35. The number of carbonyl (C=O) groups excluding carboxylic acids is 3. The van der Waals surface area contributed by atoms with Crippen molar-refractivity contribution in [3.63, 3.8) is 0 Å². The Balaban J connectivity index is 1.55. The smallest absolute Gasteiger partial charge is 0.341 e. The Morgan fingerprint density at radius 1 is 0.824 bits per heavy atom. The summed E-state index contributed by atoms with van der Waals surface area (Å²) in [6.45, 7) is 4.01. The molecular weight excluding hydrogens is 450 g/mol. The zero-order valence-corrected chi connectivity index (χ0v) is 19.9. The molecule has 3 aromatic rings. The number of aromatic nitrogens is 1. The standard InChI is InChI=1S/C26H27N3O4S/c1-18(23(30)28-16-20-10-5-3-6-11-20)33-26(32)22-14-9-15-27-25(22)34-19(2)24(31)29-17-21-12-7-4-8-13-21/h3-15,18-19H,16-17H2,1-2H3,(H,28,30)(H,29,31)/t18-,19+/m0/s1. The van der Waals surface area contributed by atoms with Crippen LogP contribution < -0.4 is 10.6 Å². The third-order valence-corrected chi connectivity index (χ3v) is 6.04. The first kappa shape index (κ1) is 25.0. The molecule has 2 N–H and O–H groups in total. The lowest BCUT2D eigenvalue weighted by molar-refractivity contribution is -0.129. The van der Waals surface area contributed by atoms with Crippen LogP contribution >= 0.6 is 11.8 Å². The molecular formula is C26H27N3O4S. The van der Waals surface area contributed by atoms with E-state index in [2.05, 4.69) is 15.6 Å². The molecule has 176 valence electrons. The van der Waals surface area contributed by atoms with Crippen LogP contribution in [0, 0.1) is 0 Å². The van der Waals surface area contributed by atoms with Crippen LogP contribution in [0.3, 0.4) is 0 Å². The Labute approximate surface area is 203 Å². The predicted octanol–water partition coefficient (Wildman–Crippen LogP) is 3.74. The van der Waals surface area contributed by atoms with E-state index in [1.165, 1.54) is 6.92 Å². The van der Waals surface area contributed by atoms with Gasteiger partial charge in [-0.15, -0.1) is 0 Å². The van der Waals surface area contributed by atoms with Crippen molar-refractivity contribution >= 4 is 29.5 Å². The Hall–Kier alpha value is -3.65. The molecule has 0 saturated heterocycles. The number of nitrogens with one attached hydrogen (secondary N) is 2. The molecule has 8 heteroatoms. The van der Waals surface area contributed by atoms with Gasteiger partial charge >= 0.3 is 5.97 Å². The van der Waals surface area contributed by atoms with Gasteiger partial charge in [0, 0.05) is 19.3 Å². The monoisotopic (exact) mass is 477 g/mol. The van der Waals surface area contributed by atoms with E-state index >= 15 is 0 Å². The van der Waals surface area contributed by atoms with Crippen molar-refractivity contribution in [2.24, 2.45) is 0 Å². The van der Waals surface area contributed by atoms with Gasteiger partial charge in [-0.3, -0.25) is 9.59 Å². The number of amides is 2. The van der Waals surface area contributed by atoms with Crippen LogP contribution in [0.1, 0.15) is 35.3 Å². The topological polar surface area (TPSA) is 97.4 Å². The van der Waals surface area contributed by atoms with E-state index in [0.29, 0.717) is 18.1 Å². The molecule has 2 atom stereocenters. The van der Waals surface area contributed by atoms with E-state index in [1.807, 2.05) is 60.7 Å². The Morgan fingerprint density at radius 3 is 1.97 bits per heavy atom. The number of rotatable bonds is 10. The van der Waals surface area contributed by atoms with Gasteiger partial charge in [0.2, 0.25) is 5.91 Å². The maximum Gasteiger partial charge on any atom is 0.341 e. The fraction of sp³-hybridized carbons (Fsp3) is 0.231. The molecule has 7 nitrogen and oxygen atoms in total. The largest absolute Gasteiger partial charge is 0.449 e. The van der Waals surface area contributed by atoms with Gasteiger partial charge in [-0.05, 0) is 37.1 Å². The minimum Gasteiger partial charge on any atom is -0.449 e. The number of benzene rings is 2. The first-order valence-corrected chi connectivity index (χ1v) is 11.8. The number of pyridine rings is 1. The molecule has 0 spiro atoms. The average molecular weight is 478 g/mol. The molecule has 0 fully saturated rings. The van der Waals surface area contributed by atoms with Gasteiger partial charge in [0.15, 0.2) is 6.10 Å². The molecule has 1 heterocycles. The van der Waals surface area contributed by atoms with Crippen LogP contribution in [-0.2, 0) is 27.4 Å². The third-order valence-electron chi connectivity index (χ3n) is 4.92. The highest BCUT2D eigenvalue weighted by Gasteiger charge is 2.24. The molecule has 2 amide bonds. The summed E-state index contributed by atoms with van der Waals surface area (Å²) >= 11 is 1.16. The van der Waals surface area contributed by atoms with Crippen molar-refractivity contribution in [3.05, 3.63) is 95.7 Å². The molecule has 3 rings (SSSR count). The zero-order chi connectivity index (χ0) is 24.3. The van der Waals surface area contributed by atoms with E-state index in [1.54, 1.807) is 25.3 Å². The molecule has 0 radical (unpaired) electrons. The molecule has 0 unspecified atom stereocenters. The summed E-state index contributed by atoms with van der Waals surface area (Å²) in [4.78, 5) is 41.9. The minimum atomic E-state index is -0.985. The van der Waals surface area contributed by atoms with Gasteiger partial charge in [-0.25, -0.2) is 9.78 Å². The van der Waals surface area contributed by atoms with E-state index in [4.69, 9.17) is 4.74 Å². The first-order valence-electron chi connectivity index (χ1n) is 10.9. The predicted molar refractivity (Wildman–Crippen MR) is 131 cm³/mol. The number of thioether (sulfide) groups is 1. The second-order valence-corrected chi connectivity index (χ2v) is 8.90. The van der Waals surface area contributed by atoms with Gasteiger partial charge in [0.25, 0.3) is 5.91 Å². The number of nitrogens with zero attached hydrogens (tertiary/aromatic N) is 1. The number of hydrogen-bond acceptors (Lipinski definition) is 6. The normalized spacial score (nSPS) is 12.3.